The number of hydrogen-bond acceptors (Lipinski definition) is 2. The summed E-state index contributed by atoms with van der Waals surface area (Å²) in [7, 11) is 0. The average molecular weight is 435 g/mol. The Kier molecular flexibility index (Phi) is 10.9. The highest BCUT2D eigenvalue weighted by atomic mass is 16.4. The number of carboxylic acids is 2. The highest BCUT2D eigenvalue weighted by molar-refractivity contribution is 6.03. The van der Waals surface area contributed by atoms with Crippen molar-refractivity contribution in [1.29, 1.82) is 0 Å². The highest BCUT2D eigenvalue weighted by Gasteiger charge is 2.31. The number of carbonyl (C=O) groups is 2. The second-order valence-corrected chi connectivity index (χ2v) is 7.78. The molecule has 0 fully saturated rings. The fourth-order valence-corrected chi connectivity index (χ4v) is 4.05. The Morgan fingerprint density at radius 1 is 0.844 bits per heavy atom. The van der Waals surface area contributed by atoms with Gasteiger partial charge in [-0.05, 0) is 53.7 Å². The monoisotopic (exact) mass is 434 g/mol. The molecule has 0 heterocycles. The Bertz CT molecular complexity index is 920. The molecule has 2 N–H and O–H groups in total. The summed E-state index contributed by atoms with van der Waals surface area (Å²) < 4.78 is 0. The summed E-state index contributed by atoms with van der Waals surface area (Å²) in [6, 6.07) is 3.15. The second kappa shape index (κ2) is 13.1. The van der Waals surface area contributed by atoms with E-state index in [0.717, 1.165) is 5.56 Å². The zero-order chi connectivity index (χ0) is 24.3. The van der Waals surface area contributed by atoms with Crippen molar-refractivity contribution in [3.05, 3.63) is 109 Å². The molecule has 1 aromatic carbocycles. The van der Waals surface area contributed by atoms with E-state index in [9.17, 15) is 19.8 Å². The third kappa shape index (κ3) is 6.55. The van der Waals surface area contributed by atoms with Gasteiger partial charge in [0.25, 0.3) is 0 Å². The first kappa shape index (κ1) is 26.6. The van der Waals surface area contributed by atoms with E-state index in [2.05, 4.69) is 26.3 Å². The van der Waals surface area contributed by atoms with E-state index in [4.69, 9.17) is 0 Å². The van der Waals surface area contributed by atoms with Crippen LogP contribution in [0.15, 0.2) is 87.1 Å². The molecule has 32 heavy (non-hydrogen) atoms. The van der Waals surface area contributed by atoms with Crippen molar-refractivity contribution in [2.24, 2.45) is 11.8 Å². The van der Waals surface area contributed by atoms with Crippen molar-refractivity contribution in [1.82, 2.24) is 0 Å². The topological polar surface area (TPSA) is 74.6 Å². The Labute approximate surface area is 191 Å². The molecule has 0 saturated heterocycles. The highest BCUT2D eigenvalue weighted by Crippen LogP contribution is 2.40. The Hall–Kier alpha value is -3.40. The van der Waals surface area contributed by atoms with Crippen LogP contribution in [0.1, 0.15) is 70.4 Å². The van der Waals surface area contributed by atoms with E-state index in [1.165, 1.54) is 6.07 Å². The molecule has 4 unspecified atom stereocenters. The lowest BCUT2D eigenvalue weighted by molar-refractivity contribution is 0.0649. The first-order valence-corrected chi connectivity index (χ1v) is 10.7. The van der Waals surface area contributed by atoms with Crippen molar-refractivity contribution in [3.8, 4) is 0 Å². The zero-order valence-corrected chi connectivity index (χ0v) is 19.0. The second-order valence-electron chi connectivity index (χ2n) is 7.78. The molecule has 0 aliphatic carbocycles. The Morgan fingerprint density at radius 3 is 1.75 bits per heavy atom. The third-order valence-corrected chi connectivity index (χ3v) is 5.92. The van der Waals surface area contributed by atoms with E-state index in [-0.39, 0.29) is 34.8 Å². The van der Waals surface area contributed by atoms with Crippen LogP contribution in [0, 0.1) is 11.8 Å². The lowest BCUT2D eigenvalue weighted by Gasteiger charge is -2.30. The first-order valence-electron chi connectivity index (χ1n) is 10.7. The molecular weight excluding hydrogens is 400 g/mol. The quantitative estimate of drug-likeness (QED) is 0.241. The van der Waals surface area contributed by atoms with Gasteiger partial charge in [0.05, 0.1) is 11.1 Å². The molecule has 0 bridgehead atoms. The average Bonchev–Trinajstić information content (AvgIpc) is 2.77. The van der Waals surface area contributed by atoms with Gasteiger partial charge in [0.15, 0.2) is 0 Å². The molecule has 0 saturated carbocycles. The van der Waals surface area contributed by atoms with Gasteiger partial charge in [0.2, 0.25) is 0 Å². The molecule has 0 aliphatic rings. The number of rotatable bonds is 14. The number of aromatic carboxylic acids is 2. The molecule has 4 heteroatoms. The van der Waals surface area contributed by atoms with Crippen molar-refractivity contribution in [3.63, 3.8) is 0 Å². The molecule has 4 nitrogen and oxygen atoms in total. The van der Waals surface area contributed by atoms with Crippen LogP contribution < -0.4 is 0 Å². The minimum atomic E-state index is -1.26. The Morgan fingerprint density at radius 2 is 1.34 bits per heavy atom. The smallest absolute Gasteiger partial charge is 0.336 e. The minimum Gasteiger partial charge on any atom is -0.478 e. The SMILES string of the molecule is C=C/C=C/CC(C=C)C(C)c1ccc(C(=O)O)c(C(=O)O)c1C(C)C(C=C)C/C=C/C=C. The lowest BCUT2D eigenvalue weighted by atomic mass is 9.74. The van der Waals surface area contributed by atoms with Crippen molar-refractivity contribution in [2.45, 2.75) is 38.5 Å². The van der Waals surface area contributed by atoms with Gasteiger partial charge in [0.1, 0.15) is 0 Å². The van der Waals surface area contributed by atoms with Crippen LogP contribution in [-0.2, 0) is 0 Å². The summed E-state index contributed by atoms with van der Waals surface area (Å²) in [4.78, 5) is 24.1. The Balaban J connectivity index is 3.74. The van der Waals surface area contributed by atoms with Crippen LogP contribution in [0.3, 0.4) is 0 Å². The van der Waals surface area contributed by atoms with Gasteiger partial charge in [-0.25, -0.2) is 9.59 Å². The molecule has 1 rings (SSSR count). The van der Waals surface area contributed by atoms with Crippen LogP contribution in [0.5, 0.6) is 0 Å². The van der Waals surface area contributed by atoms with Crippen LogP contribution in [0.4, 0.5) is 0 Å². The normalized spacial score (nSPS) is 15.1. The van der Waals surface area contributed by atoms with E-state index in [1.54, 1.807) is 24.3 Å². The number of benzene rings is 1. The molecule has 1 aromatic rings. The van der Waals surface area contributed by atoms with Gasteiger partial charge in [-0.3, -0.25) is 0 Å². The number of carboxylic acid groups (broad SMARTS) is 2. The maximum Gasteiger partial charge on any atom is 0.336 e. The maximum absolute atomic E-state index is 12.3. The van der Waals surface area contributed by atoms with Gasteiger partial charge in [-0.2, -0.15) is 0 Å². The van der Waals surface area contributed by atoms with Crippen LogP contribution in [0.25, 0.3) is 0 Å². The summed E-state index contributed by atoms with van der Waals surface area (Å²) in [5.74, 6) is -2.89. The lowest BCUT2D eigenvalue weighted by Crippen LogP contribution is -2.21. The summed E-state index contributed by atoms with van der Waals surface area (Å²) >= 11 is 0. The maximum atomic E-state index is 12.3. The van der Waals surface area contributed by atoms with Crippen LogP contribution >= 0.6 is 0 Å². The van der Waals surface area contributed by atoms with Gasteiger partial charge >= 0.3 is 11.9 Å². The molecule has 4 atom stereocenters. The molecule has 0 aromatic heterocycles. The molecular formula is C28H34O4. The van der Waals surface area contributed by atoms with Crippen LogP contribution in [0.2, 0.25) is 0 Å². The predicted molar refractivity (Wildman–Crippen MR) is 132 cm³/mol. The van der Waals surface area contributed by atoms with Crippen LogP contribution in [-0.4, -0.2) is 22.2 Å². The van der Waals surface area contributed by atoms with Gasteiger partial charge in [-0.1, -0.05) is 81.7 Å². The first-order chi connectivity index (χ1) is 15.2. The summed E-state index contributed by atoms with van der Waals surface area (Å²) in [5, 5.41) is 19.7. The van der Waals surface area contributed by atoms with Crippen molar-refractivity contribution < 1.29 is 19.8 Å². The fraction of sp³-hybridized carbons (Fsp3) is 0.286. The third-order valence-electron chi connectivity index (χ3n) is 5.92. The summed E-state index contributed by atoms with van der Waals surface area (Å²) in [6.45, 7) is 19.2. The van der Waals surface area contributed by atoms with Gasteiger partial charge < -0.3 is 10.2 Å². The van der Waals surface area contributed by atoms with Gasteiger partial charge in [0, 0.05) is 0 Å². The van der Waals surface area contributed by atoms with E-state index >= 15 is 0 Å². The van der Waals surface area contributed by atoms with Crippen molar-refractivity contribution in [2.75, 3.05) is 0 Å². The van der Waals surface area contributed by atoms with E-state index in [1.807, 2.05) is 44.2 Å². The molecule has 0 aliphatic heterocycles. The number of allylic oxidation sites excluding steroid dienone is 8. The van der Waals surface area contributed by atoms with E-state index < -0.39 is 11.9 Å². The van der Waals surface area contributed by atoms with E-state index in [0.29, 0.717) is 18.4 Å². The standard InChI is InChI=1S/C28H34O4/c1-7-11-13-15-21(9-3)19(5)23-17-18-24(27(29)30)26(28(31)32)25(23)20(6)22(10-4)16-14-12-8-2/h7-14,17-22H,1-4,15-16H2,5-6H3,(H,29,30)(H,31,32)/b13-11+,14-12+. The molecule has 0 spiro atoms. The molecule has 0 amide bonds. The van der Waals surface area contributed by atoms with Crippen molar-refractivity contribution >= 4 is 11.9 Å². The molecule has 170 valence electrons. The number of hydrogen-bond donors (Lipinski definition) is 2. The molecule has 0 radical (unpaired) electrons. The fourth-order valence-electron chi connectivity index (χ4n) is 4.05. The summed E-state index contributed by atoms with van der Waals surface area (Å²) in [6.07, 6.45) is 16.0. The predicted octanol–water partition coefficient (Wildman–Crippen LogP) is 7.16. The zero-order valence-electron chi connectivity index (χ0n) is 19.0. The van der Waals surface area contributed by atoms with Gasteiger partial charge in [-0.15, -0.1) is 13.2 Å². The summed E-state index contributed by atoms with van der Waals surface area (Å²) in [5.41, 5.74) is 0.998. The minimum absolute atomic E-state index is 0.0392. The largest absolute Gasteiger partial charge is 0.478 e.